The summed E-state index contributed by atoms with van der Waals surface area (Å²) in [5, 5.41) is 5.13. The minimum absolute atomic E-state index is 0.101. The van der Waals surface area contributed by atoms with Crippen molar-refractivity contribution in [3.05, 3.63) is 52.0 Å². The van der Waals surface area contributed by atoms with E-state index in [0.717, 1.165) is 0 Å². The molecule has 23 heavy (non-hydrogen) atoms. The van der Waals surface area contributed by atoms with Crippen molar-refractivity contribution < 1.29 is 16.8 Å². The molecule has 3 N–H and O–H groups in total. The van der Waals surface area contributed by atoms with Crippen LogP contribution in [0.15, 0.2) is 50.7 Å². The van der Waals surface area contributed by atoms with Crippen LogP contribution in [0.2, 0.25) is 0 Å². The molecule has 0 aliphatic heterocycles. The molecule has 0 bridgehead atoms. The van der Waals surface area contributed by atoms with Crippen LogP contribution in [0.1, 0.15) is 11.1 Å². The van der Waals surface area contributed by atoms with E-state index in [1.807, 2.05) is 0 Å². The van der Waals surface area contributed by atoms with E-state index in [4.69, 9.17) is 5.14 Å². The van der Waals surface area contributed by atoms with Gasteiger partial charge in [0, 0.05) is 4.47 Å². The third kappa shape index (κ3) is 4.11. The molecule has 0 radical (unpaired) electrons. The summed E-state index contributed by atoms with van der Waals surface area (Å²) in [6.07, 6.45) is 0. The number of hydrogen-bond acceptors (Lipinski definition) is 4. The smallest absolute Gasteiger partial charge is 0.262 e. The van der Waals surface area contributed by atoms with Crippen molar-refractivity contribution in [1.29, 1.82) is 0 Å². The Morgan fingerprint density at radius 1 is 0.913 bits per heavy atom. The van der Waals surface area contributed by atoms with E-state index < -0.39 is 20.0 Å². The summed E-state index contributed by atoms with van der Waals surface area (Å²) in [5.74, 6) is 0. The molecule has 0 atom stereocenters. The van der Waals surface area contributed by atoms with Crippen LogP contribution < -0.4 is 9.86 Å². The van der Waals surface area contributed by atoms with E-state index >= 15 is 0 Å². The van der Waals surface area contributed by atoms with Gasteiger partial charge in [0.05, 0.1) is 15.5 Å². The van der Waals surface area contributed by atoms with Crippen molar-refractivity contribution in [3.63, 3.8) is 0 Å². The predicted molar refractivity (Wildman–Crippen MR) is 92.2 cm³/mol. The topological polar surface area (TPSA) is 106 Å². The molecule has 0 aliphatic carbocycles. The third-order valence-electron chi connectivity index (χ3n) is 3.19. The second kappa shape index (κ2) is 6.23. The van der Waals surface area contributed by atoms with Crippen LogP contribution in [-0.2, 0) is 20.0 Å². The van der Waals surface area contributed by atoms with Gasteiger partial charge in [-0.15, -0.1) is 0 Å². The second-order valence-electron chi connectivity index (χ2n) is 5.04. The van der Waals surface area contributed by atoms with Crippen molar-refractivity contribution in [2.75, 3.05) is 4.72 Å². The van der Waals surface area contributed by atoms with Crippen LogP contribution in [-0.4, -0.2) is 16.8 Å². The van der Waals surface area contributed by atoms with Crippen molar-refractivity contribution in [2.24, 2.45) is 5.14 Å². The van der Waals surface area contributed by atoms with Gasteiger partial charge < -0.3 is 0 Å². The maximum absolute atomic E-state index is 12.5. The Kier molecular flexibility index (Phi) is 4.86. The van der Waals surface area contributed by atoms with E-state index in [-0.39, 0.29) is 15.5 Å². The Hall–Kier alpha value is -1.42. The lowest BCUT2D eigenvalue weighted by Gasteiger charge is -2.12. The minimum Gasteiger partial charge on any atom is -0.280 e. The number of benzene rings is 2. The Morgan fingerprint density at radius 3 is 2.09 bits per heavy atom. The summed E-state index contributed by atoms with van der Waals surface area (Å²) in [5.41, 5.74) is 1.13. The fourth-order valence-electron chi connectivity index (χ4n) is 2.04. The van der Waals surface area contributed by atoms with Crippen LogP contribution in [0.4, 0.5) is 5.69 Å². The third-order valence-corrected chi connectivity index (χ3v) is 6.26. The van der Waals surface area contributed by atoms with Crippen LogP contribution >= 0.6 is 15.9 Å². The molecule has 124 valence electrons. The van der Waals surface area contributed by atoms with E-state index in [1.54, 1.807) is 26.0 Å². The zero-order valence-corrected chi connectivity index (χ0v) is 15.6. The van der Waals surface area contributed by atoms with Gasteiger partial charge in [0.15, 0.2) is 0 Å². The van der Waals surface area contributed by atoms with Crippen LogP contribution in [0.3, 0.4) is 0 Å². The Morgan fingerprint density at radius 2 is 1.48 bits per heavy atom. The highest BCUT2D eigenvalue weighted by molar-refractivity contribution is 9.10. The van der Waals surface area contributed by atoms with Gasteiger partial charge in [-0.25, -0.2) is 22.0 Å². The zero-order chi connectivity index (χ0) is 17.4. The number of nitrogens with two attached hydrogens (primary N) is 1. The fraction of sp³-hybridized carbons (Fsp3) is 0.143. The summed E-state index contributed by atoms with van der Waals surface area (Å²) in [4.78, 5) is -0.0201. The van der Waals surface area contributed by atoms with Gasteiger partial charge >= 0.3 is 0 Å². The van der Waals surface area contributed by atoms with E-state index in [2.05, 4.69) is 20.7 Å². The highest BCUT2D eigenvalue weighted by Gasteiger charge is 2.19. The Labute approximate surface area is 143 Å². The number of rotatable bonds is 4. The minimum atomic E-state index is -3.93. The number of anilines is 1. The van der Waals surface area contributed by atoms with Crippen molar-refractivity contribution in [2.45, 2.75) is 23.6 Å². The molecule has 0 amide bonds. The summed E-state index contributed by atoms with van der Waals surface area (Å²) < 4.78 is 51.1. The zero-order valence-electron chi connectivity index (χ0n) is 12.4. The first-order valence-corrected chi connectivity index (χ1v) is 10.3. The van der Waals surface area contributed by atoms with E-state index in [1.165, 1.54) is 24.3 Å². The SMILES string of the molecule is Cc1ccc(NS(=O)(=O)c2cc(Br)ccc2C)cc1S(N)(=O)=O. The molecule has 2 rings (SSSR count). The Balaban J connectivity index is 2.48. The molecule has 0 aromatic heterocycles. The monoisotopic (exact) mass is 418 g/mol. The number of halogens is 1. The van der Waals surface area contributed by atoms with Crippen molar-refractivity contribution in [1.82, 2.24) is 0 Å². The normalized spacial score (nSPS) is 12.2. The van der Waals surface area contributed by atoms with Gasteiger partial charge in [-0.3, -0.25) is 4.72 Å². The number of aryl methyl sites for hydroxylation is 2. The highest BCUT2D eigenvalue weighted by Crippen LogP contribution is 2.25. The van der Waals surface area contributed by atoms with Gasteiger partial charge in [-0.05, 0) is 49.2 Å². The predicted octanol–water partition coefficient (Wildman–Crippen LogP) is 2.51. The molecule has 0 saturated heterocycles. The van der Waals surface area contributed by atoms with E-state index in [0.29, 0.717) is 15.6 Å². The van der Waals surface area contributed by atoms with Crippen molar-refractivity contribution in [3.8, 4) is 0 Å². The van der Waals surface area contributed by atoms with Crippen LogP contribution in [0.25, 0.3) is 0 Å². The van der Waals surface area contributed by atoms with Gasteiger partial charge in [-0.1, -0.05) is 28.1 Å². The number of sulfonamides is 2. The summed E-state index contributed by atoms with van der Waals surface area (Å²) in [6.45, 7) is 3.25. The first-order chi connectivity index (χ1) is 10.5. The molecular formula is C14H15BrN2O4S2. The highest BCUT2D eigenvalue weighted by atomic mass is 79.9. The maximum atomic E-state index is 12.5. The van der Waals surface area contributed by atoms with Gasteiger partial charge in [0.1, 0.15) is 0 Å². The van der Waals surface area contributed by atoms with Crippen LogP contribution in [0, 0.1) is 13.8 Å². The van der Waals surface area contributed by atoms with Crippen molar-refractivity contribution >= 4 is 41.7 Å². The molecule has 2 aromatic carbocycles. The molecule has 0 spiro atoms. The maximum Gasteiger partial charge on any atom is 0.262 e. The molecule has 0 fully saturated rings. The average molecular weight is 419 g/mol. The summed E-state index contributed by atoms with van der Waals surface area (Å²) in [6, 6.07) is 9.06. The Bertz CT molecular complexity index is 970. The molecular weight excluding hydrogens is 404 g/mol. The van der Waals surface area contributed by atoms with Crippen LogP contribution in [0.5, 0.6) is 0 Å². The quantitative estimate of drug-likeness (QED) is 0.794. The first-order valence-electron chi connectivity index (χ1n) is 6.43. The number of nitrogens with one attached hydrogen (secondary N) is 1. The van der Waals surface area contributed by atoms with E-state index in [9.17, 15) is 16.8 Å². The molecule has 6 nitrogen and oxygen atoms in total. The number of primary sulfonamides is 1. The standard InChI is InChI=1S/C14H15BrN2O4S2/c1-9-4-6-12(8-13(9)22(16,18)19)17-23(20,21)14-7-11(15)5-3-10(14)2/h3-8,17H,1-2H3,(H2,16,18,19). The van der Waals surface area contributed by atoms with Gasteiger partial charge in [0.25, 0.3) is 10.0 Å². The molecule has 0 saturated carbocycles. The molecule has 0 unspecified atom stereocenters. The molecule has 0 heterocycles. The lowest BCUT2D eigenvalue weighted by molar-refractivity contribution is 0.595. The lowest BCUT2D eigenvalue weighted by atomic mass is 10.2. The molecule has 0 aliphatic rings. The first kappa shape index (κ1) is 17.9. The lowest BCUT2D eigenvalue weighted by Crippen LogP contribution is -2.17. The number of hydrogen-bond donors (Lipinski definition) is 2. The van der Waals surface area contributed by atoms with Gasteiger partial charge in [0.2, 0.25) is 10.0 Å². The molecule has 9 heteroatoms. The average Bonchev–Trinajstić information content (AvgIpc) is 2.42. The summed E-state index contributed by atoms with van der Waals surface area (Å²) >= 11 is 3.23. The second-order valence-corrected chi connectivity index (χ2v) is 9.14. The fourth-order valence-corrected chi connectivity index (χ4v) is 4.69. The molecule has 2 aromatic rings. The summed E-state index contributed by atoms with van der Waals surface area (Å²) in [7, 11) is -7.79. The largest absolute Gasteiger partial charge is 0.280 e. The van der Waals surface area contributed by atoms with Gasteiger partial charge in [-0.2, -0.15) is 0 Å².